The molecule has 1 heterocycles. The Kier molecular flexibility index (Phi) is 5.07. The Bertz CT molecular complexity index is 986. The molecular formula is C21H23N3O2. The van der Waals surface area contributed by atoms with Gasteiger partial charge in [-0.25, -0.2) is 5.43 Å². The lowest BCUT2D eigenvalue weighted by Crippen LogP contribution is -2.24. The number of hydrogen-bond acceptors (Lipinski definition) is 3. The molecule has 0 saturated heterocycles. The van der Waals surface area contributed by atoms with Crippen molar-refractivity contribution in [1.29, 1.82) is 0 Å². The fraction of sp³-hybridized carbons (Fsp3) is 0.238. The largest absolute Gasteiger partial charge is 0.483 e. The van der Waals surface area contributed by atoms with Gasteiger partial charge in [0.1, 0.15) is 5.75 Å². The fourth-order valence-electron chi connectivity index (χ4n) is 3.02. The fourth-order valence-corrected chi connectivity index (χ4v) is 3.02. The molecule has 3 rings (SSSR count). The number of nitrogens with one attached hydrogen (secondary N) is 1. The quantitative estimate of drug-likeness (QED) is 0.565. The molecule has 1 aromatic heterocycles. The van der Waals surface area contributed by atoms with Gasteiger partial charge in [-0.3, -0.25) is 4.79 Å². The van der Waals surface area contributed by atoms with Gasteiger partial charge in [-0.2, -0.15) is 5.10 Å². The van der Waals surface area contributed by atoms with Crippen LogP contribution in [0.4, 0.5) is 0 Å². The van der Waals surface area contributed by atoms with Crippen molar-refractivity contribution in [3.8, 4) is 5.75 Å². The highest BCUT2D eigenvalue weighted by molar-refractivity contribution is 6.01. The summed E-state index contributed by atoms with van der Waals surface area (Å²) in [6.45, 7) is 5.94. The minimum absolute atomic E-state index is 0.0737. The van der Waals surface area contributed by atoms with Crippen LogP contribution in [0.15, 0.2) is 47.6 Å². The lowest BCUT2D eigenvalue weighted by atomic mass is 10.1. The number of carbonyl (C=O) groups excluding carboxylic acids is 1. The van der Waals surface area contributed by atoms with Crippen LogP contribution in [0.3, 0.4) is 0 Å². The molecule has 0 aliphatic heterocycles. The van der Waals surface area contributed by atoms with Crippen molar-refractivity contribution >= 4 is 23.0 Å². The number of para-hydroxylation sites is 1. The van der Waals surface area contributed by atoms with Gasteiger partial charge in [-0.1, -0.05) is 35.9 Å². The van der Waals surface area contributed by atoms with E-state index >= 15 is 0 Å². The number of hydrogen-bond donors (Lipinski definition) is 1. The van der Waals surface area contributed by atoms with Gasteiger partial charge in [0.25, 0.3) is 5.91 Å². The first-order valence-corrected chi connectivity index (χ1v) is 8.53. The summed E-state index contributed by atoms with van der Waals surface area (Å²) in [7, 11) is 2.02. The normalized spacial score (nSPS) is 11.2. The molecule has 0 unspecified atom stereocenters. The molecule has 2 aromatic carbocycles. The van der Waals surface area contributed by atoms with Crippen LogP contribution < -0.4 is 10.2 Å². The number of rotatable bonds is 5. The minimum Gasteiger partial charge on any atom is -0.483 e. The summed E-state index contributed by atoms with van der Waals surface area (Å²) < 4.78 is 7.68. The third kappa shape index (κ3) is 3.61. The lowest BCUT2D eigenvalue weighted by molar-refractivity contribution is -0.123. The van der Waals surface area contributed by atoms with E-state index in [9.17, 15) is 4.79 Å². The summed E-state index contributed by atoms with van der Waals surface area (Å²) in [6.07, 6.45) is 1.69. The summed E-state index contributed by atoms with van der Waals surface area (Å²) >= 11 is 0. The van der Waals surface area contributed by atoms with Crippen molar-refractivity contribution in [1.82, 2.24) is 9.99 Å². The van der Waals surface area contributed by atoms with Crippen molar-refractivity contribution in [3.05, 3.63) is 64.8 Å². The van der Waals surface area contributed by atoms with Crippen LogP contribution in [0.5, 0.6) is 5.75 Å². The number of nitrogens with zero attached hydrogens (tertiary/aromatic N) is 2. The minimum atomic E-state index is -0.292. The predicted molar refractivity (Wildman–Crippen MR) is 105 cm³/mol. The van der Waals surface area contributed by atoms with Crippen molar-refractivity contribution in [2.45, 2.75) is 20.8 Å². The number of aryl methyl sites for hydroxylation is 3. The topological polar surface area (TPSA) is 55.6 Å². The lowest BCUT2D eigenvalue weighted by Gasteiger charge is -2.08. The molecule has 26 heavy (non-hydrogen) atoms. The highest BCUT2D eigenvalue weighted by atomic mass is 16.5. The smallest absolute Gasteiger partial charge is 0.277 e. The van der Waals surface area contributed by atoms with Crippen LogP contribution in [0.1, 0.15) is 22.4 Å². The number of amides is 1. The molecule has 5 heteroatoms. The van der Waals surface area contributed by atoms with E-state index in [0.29, 0.717) is 5.75 Å². The molecule has 0 atom stereocenters. The highest BCUT2D eigenvalue weighted by Crippen LogP contribution is 2.23. The van der Waals surface area contributed by atoms with Crippen LogP contribution in [0.25, 0.3) is 10.9 Å². The SMILES string of the molecule is Cc1ccc(OCC(=O)NN=Cc2c(C)n(C)c3ccccc23)c(C)c1. The summed E-state index contributed by atoms with van der Waals surface area (Å²) in [4.78, 5) is 12.0. The van der Waals surface area contributed by atoms with Gasteiger partial charge in [0.15, 0.2) is 6.61 Å². The summed E-state index contributed by atoms with van der Waals surface area (Å²) in [5.74, 6) is 0.416. The molecule has 134 valence electrons. The Morgan fingerprint density at radius 3 is 2.73 bits per heavy atom. The van der Waals surface area contributed by atoms with E-state index in [-0.39, 0.29) is 12.5 Å². The Balaban J connectivity index is 1.64. The van der Waals surface area contributed by atoms with Gasteiger partial charge in [0.05, 0.1) is 6.21 Å². The van der Waals surface area contributed by atoms with Gasteiger partial charge in [-0.05, 0) is 38.5 Å². The van der Waals surface area contributed by atoms with Gasteiger partial charge in [0, 0.05) is 29.2 Å². The van der Waals surface area contributed by atoms with Gasteiger partial charge >= 0.3 is 0 Å². The molecule has 0 radical (unpaired) electrons. The second-order valence-corrected chi connectivity index (χ2v) is 6.43. The van der Waals surface area contributed by atoms with Crippen molar-refractivity contribution < 1.29 is 9.53 Å². The Morgan fingerprint density at radius 2 is 1.96 bits per heavy atom. The molecule has 0 fully saturated rings. The van der Waals surface area contributed by atoms with Gasteiger partial charge in [-0.15, -0.1) is 0 Å². The van der Waals surface area contributed by atoms with E-state index in [1.165, 1.54) is 0 Å². The maximum Gasteiger partial charge on any atom is 0.277 e. The molecule has 0 spiro atoms. The average Bonchev–Trinajstić information content (AvgIpc) is 2.86. The van der Waals surface area contributed by atoms with Crippen molar-refractivity contribution in [3.63, 3.8) is 0 Å². The molecule has 0 saturated carbocycles. The first-order chi connectivity index (χ1) is 12.5. The van der Waals surface area contributed by atoms with E-state index in [4.69, 9.17) is 4.74 Å². The zero-order valence-electron chi connectivity index (χ0n) is 15.5. The standard InChI is InChI=1S/C21H23N3O2/c1-14-9-10-20(15(2)11-14)26-13-21(25)23-22-12-18-16(3)24(4)19-8-6-5-7-17(18)19/h5-12H,13H2,1-4H3,(H,23,25). The van der Waals surface area contributed by atoms with Crippen LogP contribution in [-0.4, -0.2) is 23.3 Å². The molecule has 0 aliphatic rings. The van der Waals surface area contributed by atoms with Crippen LogP contribution in [-0.2, 0) is 11.8 Å². The van der Waals surface area contributed by atoms with Gasteiger partial charge < -0.3 is 9.30 Å². The molecule has 0 aliphatic carbocycles. The third-order valence-corrected chi connectivity index (χ3v) is 4.52. The number of carbonyl (C=O) groups is 1. The Labute approximate surface area is 153 Å². The monoisotopic (exact) mass is 349 g/mol. The predicted octanol–water partition coefficient (Wildman–Crippen LogP) is 3.63. The zero-order valence-corrected chi connectivity index (χ0v) is 15.5. The maximum atomic E-state index is 12.0. The third-order valence-electron chi connectivity index (χ3n) is 4.52. The Hall–Kier alpha value is -3.08. The number of fused-ring (bicyclic) bond motifs is 1. The summed E-state index contributed by atoms with van der Waals surface area (Å²) in [5, 5.41) is 5.21. The average molecular weight is 349 g/mol. The van der Waals surface area contributed by atoms with E-state index in [1.807, 2.05) is 58.2 Å². The number of benzene rings is 2. The summed E-state index contributed by atoms with van der Waals surface area (Å²) in [5.41, 5.74) is 7.93. The summed E-state index contributed by atoms with van der Waals surface area (Å²) in [6, 6.07) is 14.0. The first-order valence-electron chi connectivity index (χ1n) is 8.53. The number of hydrazone groups is 1. The van der Waals surface area contributed by atoms with Crippen LogP contribution >= 0.6 is 0 Å². The van der Waals surface area contributed by atoms with Gasteiger partial charge in [0.2, 0.25) is 0 Å². The van der Waals surface area contributed by atoms with E-state index < -0.39 is 0 Å². The molecule has 1 N–H and O–H groups in total. The molecular weight excluding hydrogens is 326 g/mol. The van der Waals surface area contributed by atoms with Crippen molar-refractivity contribution in [2.24, 2.45) is 12.1 Å². The molecule has 3 aromatic rings. The molecule has 1 amide bonds. The van der Waals surface area contributed by atoms with Crippen LogP contribution in [0.2, 0.25) is 0 Å². The Morgan fingerprint density at radius 1 is 1.19 bits per heavy atom. The van der Waals surface area contributed by atoms with E-state index in [0.717, 1.165) is 33.3 Å². The highest BCUT2D eigenvalue weighted by Gasteiger charge is 2.09. The van der Waals surface area contributed by atoms with E-state index in [2.05, 4.69) is 27.2 Å². The zero-order chi connectivity index (χ0) is 18.7. The molecule has 0 bridgehead atoms. The van der Waals surface area contributed by atoms with E-state index in [1.54, 1.807) is 6.21 Å². The maximum absolute atomic E-state index is 12.0. The first kappa shape index (κ1) is 17.7. The van der Waals surface area contributed by atoms with Crippen molar-refractivity contribution in [2.75, 3.05) is 6.61 Å². The molecule has 5 nitrogen and oxygen atoms in total. The number of aromatic nitrogens is 1. The van der Waals surface area contributed by atoms with Crippen LogP contribution in [0, 0.1) is 20.8 Å². The second kappa shape index (κ2) is 7.44. The second-order valence-electron chi connectivity index (χ2n) is 6.43. The number of ether oxygens (including phenoxy) is 1.